The van der Waals surface area contributed by atoms with Crippen molar-refractivity contribution in [3.05, 3.63) is 29.3 Å². The van der Waals surface area contributed by atoms with Gasteiger partial charge >= 0.3 is 0 Å². The lowest BCUT2D eigenvalue weighted by Crippen LogP contribution is -2.51. The molecule has 1 aromatic rings. The number of hydrogen-bond donors (Lipinski definition) is 1. The van der Waals surface area contributed by atoms with E-state index in [1.54, 1.807) is 28.6 Å². The summed E-state index contributed by atoms with van der Waals surface area (Å²) in [4.78, 5) is 0.310. The highest BCUT2D eigenvalue weighted by atomic mass is 35.5. The van der Waals surface area contributed by atoms with Crippen molar-refractivity contribution in [2.75, 3.05) is 20.1 Å². The first-order chi connectivity index (χ1) is 8.87. The second kappa shape index (κ2) is 5.40. The second-order valence-electron chi connectivity index (χ2n) is 5.17. The highest BCUT2D eigenvalue weighted by Crippen LogP contribution is 2.26. The van der Waals surface area contributed by atoms with Gasteiger partial charge in [-0.3, -0.25) is 0 Å². The molecule has 1 N–H and O–H groups in total. The predicted molar refractivity (Wildman–Crippen MR) is 76.9 cm³/mol. The lowest BCUT2D eigenvalue weighted by molar-refractivity contribution is 0.219. The maximum atomic E-state index is 12.5. The first-order valence-corrected chi connectivity index (χ1v) is 8.14. The normalized spacial score (nSPS) is 20.4. The quantitative estimate of drug-likeness (QED) is 0.930. The summed E-state index contributed by atoms with van der Waals surface area (Å²) >= 11 is 5.79. The maximum absolute atomic E-state index is 12.5. The van der Waals surface area contributed by atoms with Crippen LogP contribution in [-0.4, -0.2) is 38.4 Å². The minimum absolute atomic E-state index is 0.0337. The van der Waals surface area contributed by atoms with Crippen LogP contribution in [0.5, 0.6) is 0 Å². The van der Waals surface area contributed by atoms with E-state index in [1.807, 2.05) is 7.05 Å². The van der Waals surface area contributed by atoms with Crippen LogP contribution in [0.25, 0.3) is 0 Å². The highest BCUT2D eigenvalue weighted by Gasteiger charge is 2.34. The van der Waals surface area contributed by atoms with Crippen molar-refractivity contribution in [2.45, 2.75) is 30.2 Å². The summed E-state index contributed by atoms with van der Waals surface area (Å²) in [5, 5.41) is 3.80. The van der Waals surface area contributed by atoms with Crippen LogP contribution in [0, 0.1) is 0 Å². The molecule has 1 heterocycles. The number of benzene rings is 1. The molecule has 0 atom stereocenters. The maximum Gasteiger partial charge on any atom is 0.243 e. The Morgan fingerprint density at radius 3 is 2.21 bits per heavy atom. The summed E-state index contributed by atoms with van der Waals surface area (Å²) in [6.45, 7) is 3.21. The molecule has 6 heteroatoms. The van der Waals surface area contributed by atoms with Crippen molar-refractivity contribution in [1.82, 2.24) is 9.62 Å². The molecule has 0 aliphatic carbocycles. The predicted octanol–water partition coefficient (Wildman–Crippen LogP) is 2.10. The first-order valence-electron chi connectivity index (χ1n) is 6.32. The third-order valence-corrected chi connectivity index (χ3v) is 6.05. The molecule has 0 bridgehead atoms. The van der Waals surface area contributed by atoms with Gasteiger partial charge in [0.05, 0.1) is 4.90 Å². The Morgan fingerprint density at radius 2 is 1.74 bits per heavy atom. The zero-order valence-electron chi connectivity index (χ0n) is 11.2. The Kier molecular flexibility index (Phi) is 4.20. The average molecular weight is 303 g/mol. The third kappa shape index (κ3) is 3.11. The standard InChI is InChI=1S/C13H19ClN2O2S/c1-13(15-2)7-9-16(10-8-13)19(17,18)12-5-3-11(14)4-6-12/h3-6,15H,7-10H2,1-2H3. The summed E-state index contributed by atoms with van der Waals surface area (Å²) in [7, 11) is -1.47. The minimum Gasteiger partial charge on any atom is -0.314 e. The molecule has 106 valence electrons. The van der Waals surface area contributed by atoms with Crippen LogP contribution < -0.4 is 5.32 Å². The van der Waals surface area contributed by atoms with Crippen molar-refractivity contribution in [3.63, 3.8) is 0 Å². The van der Waals surface area contributed by atoms with Crippen LogP contribution in [0.1, 0.15) is 19.8 Å². The zero-order valence-corrected chi connectivity index (χ0v) is 12.8. The molecule has 0 aromatic heterocycles. The minimum atomic E-state index is -3.39. The molecule has 2 rings (SSSR count). The van der Waals surface area contributed by atoms with E-state index >= 15 is 0 Å². The number of rotatable bonds is 3. The Hall–Kier alpha value is -0.620. The fourth-order valence-electron chi connectivity index (χ4n) is 2.23. The molecule has 19 heavy (non-hydrogen) atoms. The van der Waals surface area contributed by atoms with Crippen molar-refractivity contribution in [1.29, 1.82) is 0 Å². The monoisotopic (exact) mass is 302 g/mol. The molecule has 1 fully saturated rings. The second-order valence-corrected chi connectivity index (χ2v) is 7.54. The molecule has 4 nitrogen and oxygen atoms in total. The molecular formula is C13H19ClN2O2S. The van der Waals surface area contributed by atoms with Gasteiger partial charge in [0.15, 0.2) is 0 Å². The number of hydrogen-bond acceptors (Lipinski definition) is 3. The van der Waals surface area contributed by atoms with Crippen molar-refractivity contribution >= 4 is 21.6 Å². The van der Waals surface area contributed by atoms with Crippen LogP contribution in [0.15, 0.2) is 29.2 Å². The van der Waals surface area contributed by atoms with E-state index in [0.717, 1.165) is 12.8 Å². The smallest absolute Gasteiger partial charge is 0.243 e. The van der Waals surface area contributed by atoms with Crippen LogP contribution in [0.2, 0.25) is 5.02 Å². The van der Waals surface area contributed by atoms with E-state index < -0.39 is 10.0 Å². The average Bonchev–Trinajstić information content (AvgIpc) is 2.40. The fourth-order valence-corrected chi connectivity index (χ4v) is 3.79. The lowest BCUT2D eigenvalue weighted by Gasteiger charge is -2.38. The lowest BCUT2D eigenvalue weighted by atomic mass is 9.91. The van der Waals surface area contributed by atoms with E-state index in [4.69, 9.17) is 11.6 Å². The van der Waals surface area contributed by atoms with Gasteiger partial charge in [0.1, 0.15) is 0 Å². The number of nitrogens with zero attached hydrogens (tertiary/aromatic N) is 1. The highest BCUT2D eigenvalue weighted by molar-refractivity contribution is 7.89. The first kappa shape index (κ1) is 14.8. The molecule has 1 aromatic carbocycles. The Balaban J connectivity index is 2.16. The number of piperidine rings is 1. The Morgan fingerprint density at radius 1 is 1.21 bits per heavy atom. The Bertz CT molecular complexity index is 534. The van der Waals surface area contributed by atoms with E-state index in [1.165, 1.54) is 0 Å². The number of sulfonamides is 1. The van der Waals surface area contributed by atoms with Crippen LogP contribution in [0.3, 0.4) is 0 Å². The van der Waals surface area contributed by atoms with Crippen molar-refractivity contribution in [2.24, 2.45) is 0 Å². The van der Waals surface area contributed by atoms with Gasteiger partial charge in [-0.15, -0.1) is 0 Å². The molecular weight excluding hydrogens is 284 g/mol. The number of nitrogens with one attached hydrogen (secondary N) is 1. The largest absolute Gasteiger partial charge is 0.314 e. The van der Waals surface area contributed by atoms with Gasteiger partial charge in [0.2, 0.25) is 10.0 Å². The van der Waals surface area contributed by atoms with Crippen molar-refractivity contribution in [3.8, 4) is 0 Å². The number of halogens is 1. The van der Waals surface area contributed by atoms with Gasteiger partial charge < -0.3 is 5.32 Å². The molecule has 1 aliphatic heterocycles. The summed E-state index contributed by atoms with van der Waals surface area (Å²) in [5.41, 5.74) is 0.0337. The van der Waals surface area contributed by atoms with Gasteiger partial charge in [-0.1, -0.05) is 11.6 Å². The van der Waals surface area contributed by atoms with Gasteiger partial charge in [-0.25, -0.2) is 8.42 Å². The van der Waals surface area contributed by atoms with Crippen LogP contribution in [0.4, 0.5) is 0 Å². The summed E-state index contributed by atoms with van der Waals surface area (Å²) < 4.78 is 26.5. The summed E-state index contributed by atoms with van der Waals surface area (Å²) in [6.07, 6.45) is 1.63. The van der Waals surface area contributed by atoms with E-state index in [-0.39, 0.29) is 5.54 Å². The van der Waals surface area contributed by atoms with E-state index in [9.17, 15) is 8.42 Å². The Labute approximate surface area is 119 Å². The summed E-state index contributed by atoms with van der Waals surface area (Å²) in [6, 6.07) is 6.33. The van der Waals surface area contributed by atoms with Gasteiger partial charge in [0.25, 0.3) is 0 Å². The summed E-state index contributed by atoms with van der Waals surface area (Å²) in [5.74, 6) is 0. The molecule has 0 saturated carbocycles. The molecule has 1 aliphatic rings. The van der Waals surface area contributed by atoms with E-state index in [0.29, 0.717) is 23.0 Å². The van der Waals surface area contributed by atoms with Crippen molar-refractivity contribution < 1.29 is 8.42 Å². The van der Waals surface area contributed by atoms with Gasteiger partial charge in [-0.05, 0) is 51.1 Å². The fraction of sp³-hybridized carbons (Fsp3) is 0.538. The molecule has 0 unspecified atom stereocenters. The SMILES string of the molecule is CNC1(C)CCN(S(=O)(=O)c2ccc(Cl)cc2)CC1. The zero-order chi connectivity index (χ0) is 14.1. The molecule has 0 amide bonds. The van der Waals surface area contributed by atoms with Gasteiger partial charge in [0, 0.05) is 23.7 Å². The molecule has 0 spiro atoms. The van der Waals surface area contributed by atoms with Crippen LogP contribution >= 0.6 is 11.6 Å². The molecule has 0 radical (unpaired) electrons. The van der Waals surface area contributed by atoms with Crippen LogP contribution in [-0.2, 0) is 10.0 Å². The third-order valence-electron chi connectivity index (χ3n) is 3.88. The van der Waals surface area contributed by atoms with Gasteiger partial charge in [-0.2, -0.15) is 4.31 Å². The molecule has 1 saturated heterocycles. The van der Waals surface area contributed by atoms with E-state index in [2.05, 4.69) is 12.2 Å². The topological polar surface area (TPSA) is 49.4 Å².